The van der Waals surface area contributed by atoms with Gasteiger partial charge in [-0.15, -0.1) is 20.5 Å². The van der Waals surface area contributed by atoms with Crippen molar-refractivity contribution in [2.75, 3.05) is 28.7 Å². The molecule has 0 saturated heterocycles. The third kappa shape index (κ3) is 21.3. The van der Waals surface area contributed by atoms with Crippen LogP contribution in [0, 0.1) is 0 Å². The summed E-state index contributed by atoms with van der Waals surface area (Å²) in [5, 5.41) is 59.5. The number of nitrogens with one attached hydrogen (secondary N) is 2. The van der Waals surface area contributed by atoms with E-state index in [4.69, 9.17) is 17.3 Å². The summed E-state index contributed by atoms with van der Waals surface area (Å²) in [4.78, 5) is 8.11. The van der Waals surface area contributed by atoms with Gasteiger partial charge >= 0.3 is 177 Å². The number of fused-ring (bicyclic) bond motifs is 2. The Morgan fingerprint density at radius 2 is 1.16 bits per heavy atom. The molecule has 408 valence electrons. The molecule has 0 aliphatic carbocycles. The molecule has 7 aromatic rings. The van der Waals surface area contributed by atoms with Crippen molar-refractivity contribution in [3.05, 3.63) is 90.2 Å². The number of sulfone groups is 1. The van der Waals surface area contributed by atoms with Gasteiger partial charge in [0.25, 0.3) is 0 Å². The van der Waals surface area contributed by atoms with Crippen LogP contribution >= 0.6 is 35.7 Å². The Morgan fingerprint density at radius 3 is 1.73 bits per heavy atom. The molecule has 6 aromatic carbocycles. The second-order valence-corrected chi connectivity index (χ2v) is 23.5. The Labute approximate surface area is 615 Å². The van der Waals surface area contributed by atoms with E-state index in [1.54, 1.807) is 0 Å². The van der Waals surface area contributed by atoms with Gasteiger partial charge in [-0.25, -0.2) is 42.1 Å². The first-order valence-corrected chi connectivity index (χ1v) is 28.8. The van der Waals surface area contributed by atoms with Gasteiger partial charge in [-0.2, -0.15) is 23.6 Å². The smallest absolute Gasteiger partial charge is 0.744 e. The number of halogens is 1. The Morgan fingerprint density at radius 1 is 0.602 bits per heavy atom. The fraction of sp³-hybridized carbons (Fsp3) is 0.0541. The number of nitrogen functional groups attached to an aromatic ring is 1. The number of rotatable bonds is 22. The summed E-state index contributed by atoms with van der Waals surface area (Å²) in [5.74, 6) is -2.50. The van der Waals surface area contributed by atoms with Crippen LogP contribution in [-0.2, 0) is 73.5 Å². The maximum atomic E-state index is 12.7. The zero-order chi connectivity index (χ0) is 56.3. The normalized spacial score (nSPS) is 11.9. The van der Waals surface area contributed by atoms with Gasteiger partial charge in [0.2, 0.25) is 27.6 Å². The molecule has 0 atom stereocenters. The monoisotopic (exact) mass is 1360 g/mol. The van der Waals surface area contributed by atoms with Crippen LogP contribution < -0.4 is 204 Å². The molecule has 0 spiro atoms. The largest absolute Gasteiger partial charge is 1.00 e. The van der Waals surface area contributed by atoms with Crippen LogP contribution in [0.3, 0.4) is 0 Å². The van der Waals surface area contributed by atoms with Gasteiger partial charge in [0.15, 0.2) is 15.6 Å². The molecule has 0 aliphatic heterocycles. The Kier molecular flexibility index (Phi) is 33.1. The molecule has 0 bridgehead atoms. The number of aromatic nitrogens is 3. The fourth-order valence-corrected chi connectivity index (χ4v) is 11.3. The van der Waals surface area contributed by atoms with Gasteiger partial charge < -0.3 is 50.2 Å². The van der Waals surface area contributed by atoms with Crippen molar-refractivity contribution < 1.29 is 276 Å². The number of aromatic hydroxyl groups is 1. The first kappa shape index (κ1) is 80.6. The second-order valence-electron chi connectivity index (χ2n) is 14.5. The fourth-order valence-electron chi connectivity index (χ4n) is 6.66. The molecule has 0 fully saturated rings. The topological polar surface area (TPSA) is 514 Å². The number of azo groups is 2. The minimum absolute atomic E-state index is 0. The van der Waals surface area contributed by atoms with Crippen molar-refractivity contribution in [2.45, 2.75) is 29.4 Å². The Balaban J connectivity index is 0.00000574. The number of hydrogen-bond donors (Lipinski definition) is 4. The van der Waals surface area contributed by atoms with Crippen LogP contribution in [-0.4, -0.2) is 92.7 Å². The third-order valence-electron chi connectivity index (χ3n) is 9.76. The van der Waals surface area contributed by atoms with Crippen LogP contribution in [0.25, 0.3) is 21.5 Å². The molecular weight excluding hydrogens is 1330 g/mol. The number of benzene rings is 6. The summed E-state index contributed by atoms with van der Waals surface area (Å²) in [5.41, 5.74) is 2.83. The predicted molar refractivity (Wildman–Crippen MR) is 254 cm³/mol. The van der Waals surface area contributed by atoms with E-state index in [0.29, 0.717) is 6.07 Å². The van der Waals surface area contributed by atoms with Crippen LogP contribution in [0.4, 0.5) is 51.7 Å². The summed E-state index contributed by atoms with van der Waals surface area (Å²) >= 11 is 6.29. The molecule has 1 aromatic heterocycles. The summed E-state index contributed by atoms with van der Waals surface area (Å²) in [7, 11) is -25.3. The molecule has 0 unspecified atom stereocenters. The van der Waals surface area contributed by atoms with E-state index in [1.807, 2.05) is 0 Å². The first-order valence-electron chi connectivity index (χ1n) is 19.8. The van der Waals surface area contributed by atoms with Crippen LogP contribution in [0.2, 0.25) is 5.28 Å². The van der Waals surface area contributed by atoms with Gasteiger partial charge in [0.1, 0.15) is 53.1 Å². The third-order valence-corrected chi connectivity index (χ3v) is 16.0. The molecule has 0 saturated carbocycles. The average Bonchev–Trinajstić information content (AvgIpc) is 3.32. The van der Waals surface area contributed by atoms with E-state index in [9.17, 15) is 75.9 Å². The minimum atomic E-state index is -5.58. The van der Waals surface area contributed by atoms with E-state index in [2.05, 4.69) is 69.0 Å². The van der Waals surface area contributed by atoms with E-state index in [-0.39, 0.29) is 256 Å². The van der Waals surface area contributed by atoms with Crippen molar-refractivity contribution in [3.8, 4) is 5.75 Å². The molecule has 7 rings (SSSR count). The number of anilines is 5. The number of nitrogens with zero attached hydrogens (tertiary/aromatic N) is 7. The van der Waals surface area contributed by atoms with E-state index in [0.717, 1.165) is 60.7 Å². The molecule has 0 aliphatic rings. The van der Waals surface area contributed by atoms with E-state index >= 15 is 0 Å². The van der Waals surface area contributed by atoms with Gasteiger partial charge in [0, 0.05) is 22.1 Å². The van der Waals surface area contributed by atoms with Crippen molar-refractivity contribution in [3.63, 3.8) is 0 Å². The number of nitrogens with two attached hydrogens (primary N) is 1. The number of phenolic OH excluding ortho intramolecular Hbond substituents is 1. The minimum Gasteiger partial charge on any atom is -0.744 e. The van der Waals surface area contributed by atoms with E-state index in [1.165, 1.54) is 18.2 Å². The van der Waals surface area contributed by atoms with Crippen molar-refractivity contribution in [1.82, 2.24) is 15.0 Å². The molecule has 46 heteroatoms. The SMILES string of the molecule is Nc1c(N=Nc2ccc3c(S(=O)(=O)[O-])cccc3c2SOO[O-])c(S(=O)(=O)[O-])cc2cc(SOO[O-])c(N=Nc3cc(Nc4nc(Cl)nc(Nc5ccc(S(=O)(=O)CCOS(=O)(=O)[O-])cc5)n4)ccc3S(=O)(=O)[O-])c(O)c12.[Na+].[Na+].[Na+].[Na+].[Na+].[Na+]. The Hall–Kier alpha value is -0.450. The summed E-state index contributed by atoms with van der Waals surface area (Å²) in [6.07, 6.45) is 0. The zero-order valence-electron chi connectivity index (χ0n) is 43.0. The molecule has 1 heterocycles. The van der Waals surface area contributed by atoms with Gasteiger partial charge in [-0.1, -0.05) is 18.2 Å². The molecule has 83 heavy (non-hydrogen) atoms. The quantitative estimate of drug-likeness (QED) is 0.00715. The van der Waals surface area contributed by atoms with Gasteiger partial charge in [0.05, 0.1) is 76.9 Å². The maximum absolute atomic E-state index is 12.7. The predicted octanol–water partition coefficient (Wildman–Crippen LogP) is -14.1. The summed E-state index contributed by atoms with van der Waals surface area (Å²) < 4.78 is 181. The van der Waals surface area contributed by atoms with Crippen molar-refractivity contribution >= 4 is 160 Å². The molecule has 0 radical (unpaired) electrons. The molecule has 32 nitrogen and oxygen atoms in total. The summed E-state index contributed by atoms with van der Waals surface area (Å²) in [6.45, 7) is -0.931. The van der Waals surface area contributed by atoms with Gasteiger partial charge in [-0.05, 0) is 83.7 Å². The average molecular weight is 1360 g/mol. The van der Waals surface area contributed by atoms with Crippen molar-refractivity contribution in [2.24, 2.45) is 20.5 Å². The maximum Gasteiger partial charge on any atom is 1.00 e. The van der Waals surface area contributed by atoms with Gasteiger partial charge in [-0.3, -0.25) is 14.3 Å². The standard InChI is InChI=1S/C37H29ClN10O22S7.6Na/c38-35-42-36(40-18-4-7-20(8-5-18)73(52,53)13-12-66-77(63,64)65)44-37(43-35)41-19-6-11-27(75(57,58)59)24(16-19)46-47-31-25(71-69-67-50)14-17-15-28(76(60,61)62)32(30(39)29(17)33(31)49)48-45-23-10-9-21-22(34(23)72-70-68-51)2-1-3-26(21)74(54,55)56;;;;;;/h1-11,14-16,49-51H,12-13,39H2,(H,54,55,56)(H,57,58,59)(H,60,61,62)(H,63,64,65)(H2,40,41,42,43,44);;;;;;/q;6*+1/p-6. The Bertz CT molecular complexity index is 4160. The number of phenols is 1. The molecule has 0 amide bonds. The van der Waals surface area contributed by atoms with Crippen LogP contribution in [0.15, 0.2) is 135 Å². The molecular formula is C37H23ClN10Na6O22S7. The number of hydrogen-bond acceptors (Lipinski definition) is 34. The van der Waals surface area contributed by atoms with Crippen molar-refractivity contribution in [1.29, 1.82) is 0 Å². The van der Waals surface area contributed by atoms with E-state index < -0.39 is 122 Å². The first-order chi connectivity index (χ1) is 36.1. The zero-order valence-corrected chi connectivity index (χ0v) is 61.4. The second kappa shape index (κ2) is 34.1. The van der Waals surface area contributed by atoms with Crippen LogP contribution in [0.5, 0.6) is 5.75 Å². The van der Waals surface area contributed by atoms with Crippen LogP contribution in [0.1, 0.15) is 0 Å². The molecule has 5 N–H and O–H groups in total. The summed E-state index contributed by atoms with van der Waals surface area (Å²) in [6, 6.07) is 14.7.